The molecule has 0 radical (unpaired) electrons. The monoisotopic (exact) mass is 569 g/mol. The Morgan fingerprint density at radius 1 is 1.02 bits per heavy atom. The smallest absolute Gasteiger partial charge is 0.229 e. The van der Waals surface area contributed by atoms with Crippen LogP contribution in [0.4, 0.5) is 5.69 Å². The van der Waals surface area contributed by atoms with Crippen LogP contribution in [0.25, 0.3) is 0 Å². The Morgan fingerprint density at radius 3 is 2.35 bits per heavy atom. The maximum atomic E-state index is 13.3. The molecule has 8 heteroatoms. The molecule has 0 aromatic heterocycles. The number of aryl methyl sites for hydroxylation is 1. The summed E-state index contributed by atoms with van der Waals surface area (Å²) in [4.78, 5) is 15.7. The van der Waals surface area contributed by atoms with Crippen LogP contribution in [0.3, 0.4) is 0 Å². The summed E-state index contributed by atoms with van der Waals surface area (Å²) in [5.41, 5.74) is 2.60. The number of anilines is 1. The molecule has 0 bridgehead atoms. The number of ether oxygens (including phenoxy) is 1. The van der Waals surface area contributed by atoms with E-state index >= 15 is 0 Å². The molecule has 1 saturated carbocycles. The van der Waals surface area contributed by atoms with E-state index < -0.39 is 10.0 Å². The molecule has 1 atom stereocenters. The summed E-state index contributed by atoms with van der Waals surface area (Å²) in [5.74, 6) is 2.52. The zero-order valence-electron chi connectivity index (χ0n) is 24.5. The number of carbonyl (C=O) groups excluding carboxylic acids is 1. The van der Waals surface area contributed by atoms with Gasteiger partial charge in [0.25, 0.3) is 0 Å². The zero-order chi connectivity index (χ0) is 28.5. The molecule has 40 heavy (non-hydrogen) atoms. The van der Waals surface area contributed by atoms with Gasteiger partial charge in [0, 0.05) is 37.3 Å². The predicted molar refractivity (Wildman–Crippen MR) is 162 cm³/mol. The fourth-order valence-corrected chi connectivity index (χ4v) is 6.73. The molecule has 2 aliphatic rings. The molecular formula is C32H47N3O4S. The molecule has 2 aromatic carbocycles. The predicted octanol–water partition coefficient (Wildman–Crippen LogP) is 6.63. The number of hydrogen-bond donors (Lipinski definition) is 2. The van der Waals surface area contributed by atoms with Crippen molar-refractivity contribution in [1.82, 2.24) is 10.2 Å². The van der Waals surface area contributed by atoms with Crippen LogP contribution >= 0.6 is 0 Å². The summed E-state index contributed by atoms with van der Waals surface area (Å²) >= 11 is 0. The second-order valence-electron chi connectivity index (χ2n) is 11.8. The van der Waals surface area contributed by atoms with Crippen LogP contribution in [0, 0.1) is 18.8 Å². The topological polar surface area (TPSA) is 87.7 Å². The van der Waals surface area contributed by atoms with Crippen molar-refractivity contribution in [2.24, 2.45) is 11.8 Å². The average Bonchev–Trinajstić information content (AvgIpc) is 2.92. The highest BCUT2D eigenvalue weighted by Gasteiger charge is 2.31. The van der Waals surface area contributed by atoms with E-state index in [9.17, 15) is 13.2 Å². The minimum Gasteiger partial charge on any atom is -0.457 e. The van der Waals surface area contributed by atoms with Gasteiger partial charge in [-0.3, -0.25) is 14.4 Å². The number of likely N-dealkylation sites (tertiary alicyclic amines) is 1. The van der Waals surface area contributed by atoms with Gasteiger partial charge in [0.1, 0.15) is 11.5 Å². The van der Waals surface area contributed by atoms with E-state index in [0.29, 0.717) is 23.3 Å². The lowest BCUT2D eigenvalue weighted by Gasteiger charge is -2.35. The molecular weight excluding hydrogens is 522 g/mol. The molecule has 1 amide bonds. The number of amides is 1. The third-order valence-electron chi connectivity index (χ3n) is 8.39. The molecule has 2 fully saturated rings. The van der Waals surface area contributed by atoms with Gasteiger partial charge in [-0.15, -0.1) is 0 Å². The van der Waals surface area contributed by atoms with Gasteiger partial charge in [0.2, 0.25) is 15.9 Å². The average molecular weight is 570 g/mol. The summed E-state index contributed by atoms with van der Waals surface area (Å²) in [5, 5.41) is 3.44. The van der Waals surface area contributed by atoms with Crippen LogP contribution in [0.1, 0.15) is 82.3 Å². The highest BCUT2D eigenvalue weighted by molar-refractivity contribution is 7.92. The molecule has 0 spiro atoms. The van der Waals surface area contributed by atoms with E-state index in [-0.39, 0.29) is 12.0 Å². The number of rotatable bonds is 12. The lowest BCUT2D eigenvalue weighted by Crippen LogP contribution is -2.47. The van der Waals surface area contributed by atoms with Crippen molar-refractivity contribution in [3.63, 3.8) is 0 Å². The van der Waals surface area contributed by atoms with Gasteiger partial charge in [0.05, 0.1) is 6.26 Å². The van der Waals surface area contributed by atoms with Crippen molar-refractivity contribution in [2.45, 2.75) is 90.6 Å². The number of hydrogen-bond acceptors (Lipinski definition) is 5. The number of sulfonamides is 1. The van der Waals surface area contributed by atoms with E-state index in [1.807, 2.05) is 19.1 Å². The number of piperidine rings is 1. The Balaban J connectivity index is 1.24. The molecule has 1 saturated heterocycles. The molecule has 2 N–H and O–H groups in total. The first kappa shape index (κ1) is 30.4. The molecule has 2 aromatic rings. The Bertz CT molecular complexity index is 1200. The van der Waals surface area contributed by atoms with Crippen molar-refractivity contribution >= 4 is 21.6 Å². The van der Waals surface area contributed by atoms with E-state index in [1.54, 1.807) is 18.2 Å². The fraction of sp³-hybridized carbons (Fsp3) is 0.594. The van der Waals surface area contributed by atoms with E-state index in [4.69, 9.17) is 4.74 Å². The van der Waals surface area contributed by atoms with Gasteiger partial charge in [0.15, 0.2) is 0 Å². The van der Waals surface area contributed by atoms with Crippen LogP contribution in [-0.4, -0.2) is 44.6 Å². The zero-order valence-corrected chi connectivity index (χ0v) is 25.3. The fourth-order valence-electron chi connectivity index (χ4n) is 6.17. The highest BCUT2D eigenvalue weighted by Crippen LogP contribution is 2.33. The molecule has 1 aliphatic carbocycles. The van der Waals surface area contributed by atoms with E-state index in [2.05, 4.69) is 34.0 Å². The number of unbranched alkanes of at least 4 members (excludes halogenated alkanes) is 1. The Kier molecular flexibility index (Phi) is 10.9. The van der Waals surface area contributed by atoms with Gasteiger partial charge in [-0.2, -0.15) is 0 Å². The van der Waals surface area contributed by atoms with E-state index in [0.717, 1.165) is 69.3 Å². The third kappa shape index (κ3) is 9.23. The van der Waals surface area contributed by atoms with Crippen LogP contribution in [0.5, 0.6) is 11.5 Å². The first-order chi connectivity index (χ1) is 19.2. The first-order valence-electron chi connectivity index (χ1n) is 15.1. The minimum absolute atomic E-state index is 0.199. The van der Waals surface area contributed by atoms with E-state index in [1.165, 1.54) is 37.7 Å². The van der Waals surface area contributed by atoms with Crippen molar-refractivity contribution in [3.8, 4) is 11.5 Å². The lowest BCUT2D eigenvalue weighted by molar-refractivity contribution is -0.128. The molecule has 1 heterocycles. The normalized spacial score (nSPS) is 18.3. The first-order valence-corrected chi connectivity index (χ1v) is 17.0. The van der Waals surface area contributed by atoms with Crippen molar-refractivity contribution in [2.75, 3.05) is 24.1 Å². The van der Waals surface area contributed by atoms with Crippen LogP contribution in [-0.2, 0) is 21.4 Å². The van der Waals surface area contributed by atoms with Crippen molar-refractivity contribution in [1.29, 1.82) is 0 Å². The minimum atomic E-state index is -3.32. The molecule has 1 unspecified atom stereocenters. The molecule has 1 aliphatic heterocycles. The standard InChI is InChI=1S/C32H47N3O4S/c1-4-5-11-30(26-9-7-6-8-10-26)32(36)33-27-18-20-35(21-19-27)23-25-12-15-29(16-13-25)39-31-17-14-28(22-24(31)2)34-40(3,37)38/h12-17,22,26-27,30,34H,4-11,18-21,23H2,1-3H3,(H,33,36). The van der Waals surface area contributed by atoms with Crippen molar-refractivity contribution < 1.29 is 17.9 Å². The molecule has 220 valence electrons. The van der Waals surface area contributed by atoms with Crippen LogP contribution in [0.2, 0.25) is 0 Å². The quantitative estimate of drug-likeness (QED) is 0.300. The highest BCUT2D eigenvalue weighted by atomic mass is 32.2. The molecule has 7 nitrogen and oxygen atoms in total. The largest absolute Gasteiger partial charge is 0.457 e. The second-order valence-corrected chi connectivity index (χ2v) is 13.6. The van der Waals surface area contributed by atoms with Gasteiger partial charge in [-0.05, 0) is 86.4 Å². The molecule has 4 rings (SSSR count). The van der Waals surface area contributed by atoms with Crippen molar-refractivity contribution in [3.05, 3.63) is 53.6 Å². The number of benzene rings is 2. The summed E-state index contributed by atoms with van der Waals surface area (Å²) in [6.45, 7) is 6.96. The Labute approximate surface area is 241 Å². The number of nitrogens with one attached hydrogen (secondary N) is 2. The van der Waals surface area contributed by atoms with Crippen LogP contribution in [0.15, 0.2) is 42.5 Å². The maximum absolute atomic E-state index is 13.3. The van der Waals surface area contributed by atoms with Crippen LogP contribution < -0.4 is 14.8 Å². The number of nitrogens with zero attached hydrogens (tertiary/aromatic N) is 1. The van der Waals surface area contributed by atoms with Gasteiger partial charge >= 0.3 is 0 Å². The summed E-state index contributed by atoms with van der Waals surface area (Å²) in [6.07, 6.45) is 12.8. The summed E-state index contributed by atoms with van der Waals surface area (Å²) in [6, 6.07) is 13.7. The second kappa shape index (κ2) is 14.4. The summed E-state index contributed by atoms with van der Waals surface area (Å²) < 4.78 is 31.5. The van der Waals surface area contributed by atoms with Gasteiger partial charge < -0.3 is 10.1 Å². The lowest BCUT2D eigenvalue weighted by atomic mass is 9.77. The maximum Gasteiger partial charge on any atom is 0.229 e. The Hall–Kier alpha value is -2.58. The third-order valence-corrected chi connectivity index (χ3v) is 9.00. The Morgan fingerprint density at radius 2 is 1.73 bits per heavy atom. The van der Waals surface area contributed by atoms with Gasteiger partial charge in [-0.25, -0.2) is 8.42 Å². The van der Waals surface area contributed by atoms with Gasteiger partial charge in [-0.1, -0.05) is 51.2 Å². The number of carbonyl (C=O) groups is 1. The SMILES string of the molecule is CCCCC(C(=O)NC1CCN(Cc2ccc(Oc3ccc(NS(C)(=O)=O)cc3C)cc2)CC1)C1CCCCC1. The summed E-state index contributed by atoms with van der Waals surface area (Å²) in [7, 11) is -3.32.